The van der Waals surface area contributed by atoms with Crippen LogP contribution in [0.3, 0.4) is 0 Å². The van der Waals surface area contributed by atoms with E-state index in [1.54, 1.807) is 24.4 Å². The number of nitrogens with zero attached hydrogens (tertiary/aromatic N) is 1. The molecule has 1 N–H and O–H groups in total. The van der Waals surface area contributed by atoms with Crippen molar-refractivity contribution in [3.63, 3.8) is 0 Å². The van der Waals surface area contributed by atoms with E-state index < -0.39 is 0 Å². The van der Waals surface area contributed by atoms with Gasteiger partial charge in [-0.15, -0.1) is 0 Å². The Labute approximate surface area is 118 Å². The Balaban J connectivity index is 2.15. The number of nitrogens with one attached hydrogen (secondary N) is 1. The SMILES string of the molecule is CC(Nc1ncc(Cl)cc1Br)c1ccc(F)cc1. The summed E-state index contributed by atoms with van der Waals surface area (Å²) >= 11 is 9.22. The smallest absolute Gasteiger partial charge is 0.140 e. The lowest BCUT2D eigenvalue weighted by Crippen LogP contribution is -2.08. The first kappa shape index (κ1) is 13.3. The van der Waals surface area contributed by atoms with E-state index in [1.165, 1.54) is 12.1 Å². The molecular formula is C13H11BrClFN2. The average Bonchev–Trinajstić information content (AvgIpc) is 2.33. The van der Waals surface area contributed by atoms with Crippen LogP contribution in [0.1, 0.15) is 18.5 Å². The van der Waals surface area contributed by atoms with Crippen LogP contribution in [0.5, 0.6) is 0 Å². The largest absolute Gasteiger partial charge is 0.363 e. The summed E-state index contributed by atoms with van der Waals surface area (Å²) in [6.45, 7) is 1.98. The van der Waals surface area contributed by atoms with E-state index in [9.17, 15) is 4.39 Å². The quantitative estimate of drug-likeness (QED) is 0.874. The van der Waals surface area contributed by atoms with E-state index in [-0.39, 0.29) is 11.9 Å². The lowest BCUT2D eigenvalue weighted by atomic mass is 10.1. The number of aromatic nitrogens is 1. The molecule has 2 rings (SSSR count). The Morgan fingerprint density at radius 1 is 1.33 bits per heavy atom. The van der Waals surface area contributed by atoms with Crippen LogP contribution < -0.4 is 5.32 Å². The molecule has 2 nitrogen and oxygen atoms in total. The summed E-state index contributed by atoms with van der Waals surface area (Å²) in [5.74, 6) is 0.466. The van der Waals surface area contributed by atoms with Crippen LogP contribution in [-0.4, -0.2) is 4.98 Å². The molecule has 1 unspecified atom stereocenters. The van der Waals surface area contributed by atoms with Crippen LogP contribution in [0.2, 0.25) is 5.02 Å². The second-order valence-electron chi connectivity index (χ2n) is 3.90. The summed E-state index contributed by atoms with van der Waals surface area (Å²) in [5.41, 5.74) is 0.986. The zero-order valence-corrected chi connectivity index (χ0v) is 12.0. The number of benzene rings is 1. The van der Waals surface area contributed by atoms with Crippen molar-refractivity contribution in [2.45, 2.75) is 13.0 Å². The van der Waals surface area contributed by atoms with Gasteiger partial charge in [0.25, 0.3) is 0 Å². The van der Waals surface area contributed by atoms with Crippen LogP contribution in [0.4, 0.5) is 10.2 Å². The molecule has 2 aromatic rings. The van der Waals surface area contributed by atoms with Gasteiger partial charge in [0.1, 0.15) is 11.6 Å². The highest BCUT2D eigenvalue weighted by atomic mass is 79.9. The molecule has 1 heterocycles. The molecule has 0 spiro atoms. The molecule has 0 amide bonds. The van der Waals surface area contributed by atoms with Crippen LogP contribution >= 0.6 is 27.5 Å². The predicted octanol–water partition coefficient (Wildman–Crippen LogP) is 4.81. The summed E-state index contributed by atoms with van der Waals surface area (Å²) in [5, 5.41) is 3.81. The third-order valence-corrected chi connectivity index (χ3v) is 3.34. The average molecular weight is 330 g/mol. The second kappa shape index (κ2) is 5.67. The Morgan fingerprint density at radius 3 is 2.61 bits per heavy atom. The lowest BCUT2D eigenvalue weighted by Gasteiger charge is -2.16. The van der Waals surface area contributed by atoms with Gasteiger partial charge in [-0.25, -0.2) is 9.37 Å². The van der Waals surface area contributed by atoms with Crippen LogP contribution in [-0.2, 0) is 0 Å². The lowest BCUT2D eigenvalue weighted by molar-refractivity contribution is 0.626. The highest BCUT2D eigenvalue weighted by Crippen LogP contribution is 2.26. The minimum Gasteiger partial charge on any atom is -0.363 e. The topological polar surface area (TPSA) is 24.9 Å². The second-order valence-corrected chi connectivity index (χ2v) is 5.19. The molecule has 0 aliphatic carbocycles. The third kappa shape index (κ3) is 3.21. The fourth-order valence-corrected chi connectivity index (χ4v) is 2.31. The van der Waals surface area contributed by atoms with Gasteiger partial charge in [0.05, 0.1) is 9.50 Å². The van der Waals surface area contributed by atoms with Crippen molar-refractivity contribution < 1.29 is 4.39 Å². The molecule has 0 bridgehead atoms. The van der Waals surface area contributed by atoms with Gasteiger partial charge >= 0.3 is 0 Å². The van der Waals surface area contributed by atoms with Crippen molar-refractivity contribution in [2.24, 2.45) is 0 Å². The third-order valence-electron chi connectivity index (χ3n) is 2.53. The molecule has 94 valence electrons. The molecule has 0 aliphatic heterocycles. The van der Waals surface area contributed by atoms with E-state index in [0.29, 0.717) is 10.8 Å². The monoisotopic (exact) mass is 328 g/mol. The minimum absolute atomic E-state index is 0.0237. The first-order valence-electron chi connectivity index (χ1n) is 5.39. The normalized spacial score (nSPS) is 12.2. The Kier molecular flexibility index (Phi) is 4.19. The summed E-state index contributed by atoms with van der Waals surface area (Å²) in [7, 11) is 0. The zero-order valence-electron chi connectivity index (χ0n) is 9.62. The highest BCUT2D eigenvalue weighted by molar-refractivity contribution is 9.10. The fraction of sp³-hybridized carbons (Fsp3) is 0.154. The molecule has 0 fully saturated rings. The van der Waals surface area contributed by atoms with E-state index in [2.05, 4.69) is 26.2 Å². The predicted molar refractivity (Wildman–Crippen MR) is 75.4 cm³/mol. The van der Waals surface area contributed by atoms with Gasteiger partial charge in [-0.05, 0) is 46.6 Å². The van der Waals surface area contributed by atoms with Crippen molar-refractivity contribution in [3.8, 4) is 0 Å². The molecule has 0 saturated carbocycles. The van der Waals surface area contributed by atoms with Crippen LogP contribution in [0, 0.1) is 5.82 Å². The molecule has 0 radical (unpaired) electrons. The van der Waals surface area contributed by atoms with Gasteiger partial charge in [0.15, 0.2) is 0 Å². The standard InChI is InChI=1S/C13H11BrClFN2/c1-8(9-2-4-11(16)5-3-9)18-13-12(14)6-10(15)7-17-13/h2-8H,1H3,(H,17,18). The molecule has 18 heavy (non-hydrogen) atoms. The zero-order chi connectivity index (χ0) is 13.1. The van der Waals surface area contributed by atoms with Gasteiger partial charge in [0, 0.05) is 12.2 Å². The maximum absolute atomic E-state index is 12.8. The molecule has 1 aromatic heterocycles. The van der Waals surface area contributed by atoms with Crippen molar-refractivity contribution >= 4 is 33.3 Å². The van der Waals surface area contributed by atoms with Crippen molar-refractivity contribution in [1.29, 1.82) is 0 Å². The summed E-state index contributed by atoms with van der Waals surface area (Å²) in [6, 6.07) is 8.17. The highest BCUT2D eigenvalue weighted by Gasteiger charge is 2.09. The maximum atomic E-state index is 12.8. The fourth-order valence-electron chi connectivity index (χ4n) is 1.56. The summed E-state index contributed by atoms with van der Waals surface area (Å²) in [4.78, 5) is 4.20. The van der Waals surface area contributed by atoms with Gasteiger partial charge < -0.3 is 5.32 Å². The van der Waals surface area contributed by atoms with Gasteiger partial charge in [-0.2, -0.15) is 0 Å². The number of halogens is 3. The summed E-state index contributed by atoms with van der Waals surface area (Å²) < 4.78 is 13.6. The van der Waals surface area contributed by atoms with Crippen molar-refractivity contribution in [2.75, 3.05) is 5.32 Å². The van der Waals surface area contributed by atoms with E-state index in [4.69, 9.17) is 11.6 Å². The van der Waals surface area contributed by atoms with Crippen LogP contribution in [0.15, 0.2) is 41.0 Å². The maximum Gasteiger partial charge on any atom is 0.140 e. The van der Waals surface area contributed by atoms with Gasteiger partial charge in [-0.1, -0.05) is 23.7 Å². The molecule has 0 saturated heterocycles. The molecule has 1 aromatic carbocycles. The van der Waals surface area contributed by atoms with Crippen LogP contribution in [0.25, 0.3) is 0 Å². The Hall–Kier alpha value is -1.13. The first-order chi connectivity index (χ1) is 8.56. The molecule has 1 atom stereocenters. The molecular weight excluding hydrogens is 319 g/mol. The van der Waals surface area contributed by atoms with Crippen molar-refractivity contribution in [3.05, 3.63) is 57.4 Å². The number of anilines is 1. The van der Waals surface area contributed by atoms with Crippen molar-refractivity contribution in [1.82, 2.24) is 4.98 Å². The molecule has 5 heteroatoms. The Morgan fingerprint density at radius 2 is 2.00 bits per heavy atom. The van der Waals surface area contributed by atoms with Gasteiger partial charge in [0.2, 0.25) is 0 Å². The number of hydrogen-bond donors (Lipinski definition) is 1. The first-order valence-corrected chi connectivity index (χ1v) is 6.56. The number of rotatable bonds is 3. The minimum atomic E-state index is -0.239. The number of hydrogen-bond acceptors (Lipinski definition) is 2. The Bertz CT molecular complexity index is 545. The van der Waals surface area contributed by atoms with E-state index >= 15 is 0 Å². The van der Waals surface area contributed by atoms with E-state index in [0.717, 1.165) is 10.0 Å². The number of pyridine rings is 1. The van der Waals surface area contributed by atoms with E-state index in [1.807, 2.05) is 6.92 Å². The van der Waals surface area contributed by atoms with Gasteiger partial charge in [-0.3, -0.25) is 0 Å². The molecule has 0 aliphatic rings. The summed E-state index contributed by atoms with van der Waals surface area (Å²) in [6.07, 6.45) is 1.58.